The van der Waals surface area contributed by atoms with Crippen LogP contribution in [0, 0.1) is 5.92 Å². The van der Waals surface area contributed by atoms with Crippen LogP contribution in [0.1, 0.15) is 47.9 Å². The van der Waals surface area contributed by atoms with E-state index in [4.69, 9.17) is 14.2 Å². The molecule has 26 heavy (non-hydrogen) atoms. The van der Waals surface area contributed by atoms with E-state index in [-0.39, 0.29) is 11.7 Å². The van der Waals surface area contributed by atoms with E-state index in [0.717, 1.165) is 6.42 Å². The molecule has 0 aliphatic heterocycles. The zero-order valence-corrected chi connectivity index (χ0v) is 15.4. The Morgan fingerprint density at radius 1 is 1.00 bits per heavy atom. The summed E-state index contributed by atoms with van der Waals surface area (Å²) in [6.07, 6.45) is 0.837. The van der Waals surface area contributed by atoms with E-state index in [0.29, 0.717) is 30.1 Å². The van der Waals surface area contributed by atoms with Crippen LogP contribution in [0.25, 0.3) is 0 Å². The first kappa shape index (κ1) is 19.5. The van der Waals surface area contributed by atoms with Crippen molar-refractivity contribution in [3.05, 3.63) is 59.7 Å². The van der Waals surface area contributed by atoms with Crippen LogP contribution in [0.4, 0.5) is 0 Å². The van der Waals surface area contributed by atoms with Crippen LogP contribution in [0.15, 0.2) is 48.5 Å². The third kappa shape index (κ3) is 5.62. The van der Waals surface area contributed by atoms with Crippen LogP contribution in [0.2, 0.25) is 0 Å². The molecule has 0 radical (unpaired) electrons. The molecule has 0 N–H and O–H groups in total. The highest BCUT2D eigenvalue weighted by Gasteiger charge is 2.16. The Kier molecular flexibility index (Phi) is 7.21. The van der Waals surface area contributed by atoms with Crippen molar-refractivity contribution in [2.24, 2.45) is 5.92 Å². The lowest BCUT2D eigenvalue weighted by Crippen LogP contribution is -2.13. The predicted octanol–water partition coefficient (Wildman–Crippen LogP) is 4.51. The highest BCUT2D eigenvalue weighted by Crippen LogP contribution is 2.22. The van der Waals surface area contributed by atoms with Crippen molar-refractivity contribution >= 4 is 11.9 Å². The first-order valence-corrected chi connectivity index (χ1v) is 8.72. The Hall–Kier alpha value is -2.82. The number of hydrogen-bond acceptors (Lipinski definition) is 5. The fourth-order valence-electron chi connectivity index (χ4n) is 2.15. The quantitative estimate of drug-likeness (QED) is 0.514. The third-order valence-corrected chi connectivity index (χ3v) is 3.40. The molecule has 2 aromatic rings. The lowest BCUT2D eigenvalue weighted by Gasteiger charge is -2.11. The van der Waals surface area contributed by atoms with Crippen LogP contribution in [0.5, 0.6) is 11.5 Å². The van der Waals surface area contributed by atoms with E-state index >= 15 is 0 Å². The van der Waals surface area contributed by atoms with E-state index in [1.807, 2.05) is 20.8 Å². The summed E-state index contributed by atoms with van der Waals surface area (Å²) in [5.41, 5.74) is 0.681. The molecule has 0 unspecified atom stereocenters. The molecule has 0 aliphatic rings. The van der Waals surface area contributed by atoms with Crippen molar-refractivity contribution in [1.82, 2.24) is 0 Å². The van der Waals surface area contributed by atoms with Gasteiger partial charge >= 0.3 is 11.9 Å². The second-order valence-corrected chi connectivity index (χ2v) is 6.25. The fourth-order valence-corrected chi connectivity index (χ4v) is 2.15. The zero-order valence-electron chi connectivity index (χ0n) is 15.4. The average Bonchev–Trinajstić information content (AvgIpc) is 2.64. The summed E-state index contributed by atoms with van der Waals surface area (Å²) in [7, 11) is 0. The molecule has 0 bridgehead atoms. The number of hydrogen-bond donors (Lipinski definition) is 0. The molecule has 5 heteroatoms. The molecule has 0 aliphatic carbocycles. The monoisotopic (exact) mass is 356 g/mol. The minimum Gasteiger partial charge on any atom is -0.493 e. The van der Waals surface area contributed by atoms with Gasteiger partial charge in [-0.25, -0.2) is 9.59 Å². The Morgan fingerprint density at radius 3 is 2.50 bits per heavy atom. The summed E-state index contributed by atoms with van der Waals surface area (Å²) in [5, 5.41) is 0. The molecule has 0 heterocycles. The van der Waals surface area contributed by atoms with Crippen molar-refractivity contribution in [3.8, 4) is 11.5 Å². The molecule has 2 aromatic carbocycles. The summed E-state index contributed by atoms with van der Waals surface area (Å²) < 4.78 is 16.2. The Morgan fingerprint density at radius 2 is 1.77 bits per heavy atom. The lowest BCUT2D eigenvalue weighted by molar-refractivity contribution is 0.0457. The normalized spacial score (nSPS) is 10.5. The minimum atomic E-state index is -0.538. The molecular formula is C21H24O5. The summed E-state index contributed by atoms with van der Waals surface area (Å²) in [4.78, 5) is 24.5. The summed E-state index contributed by atoms with van der Waals surface area (Å²) in [6.45, 7) is 6.77. The van der Waals surface area contributed by atoms with E-state index in [9.17, 15) is 9.59 Å². The van der Waals surface area contributed by atoms with E-state index < -0.39 is 11.9 Å². The number of para-hydroxylation sites is 1. The van der Waals surface area contributed by atoms with Crippen molar-refractivity contribution in [2.45, 2.75) is 27.2 Å². The summed E-state index contributed by atoms with van der Waals surface area (Å²) in [6, 6.07) is 13.3. The van der Waals surface area contributed by atoms with E-state index in [1.165, 1.54) is 6.07 Å². The molecule has 0 saturated carbocycles. The minimum absolute atomic E-state index is 0.250. The van der Waals surface area contributed by atoms with Gasteiger partial charge in [-0.05, 0) is 42.7 Å². The Labute approximate surface area is 153 Å². The number of rotatable bonds is 8. The number of carbonyl (C=O) groups is 2. The first-order valence-electron chi connectivity index (χ1n) is 8.72. The topological polar surface area (TPSA) is 61.8 Å². The number of carbonyl (C=O) groups excluding carboxylic acids is 2. The second-order valence-electron chi connectivity index (χ2n) is 6.25. The molecule has 0 saturated heterocycles. The van der Waals surface area contributed by atoms with E-state index in [1.54, 1.807) is 42.5 Å². The maximum atomic E-state index is 12.5. The molecule has 5 nitrogen and oxygen atoms in total. The molecule has 0 fully saturated rings. The van der Waals surface area contributed by atoms with Gasteiger partial charge in [-0.1, -0.05) is 39.0 Å². The number of benzene rings is 2. The molecule has 138 valence electrons. The molecule has 2 rings (SSSR count). The molecular weight excluding hydrogens is 332 g/mol. The predicted molar refractivity (Wildman–Crippen MR) is 98.7 cm³/mol. The van der Waals surface area contributed by atoms with Gasteiger partial charge in [0.1, 0.15) is 17.1 Å². The van der Waals surface area contributed by atoms with Crippen LogP contribution in [-0.2, 0) is 4.74 Å². The smallest absolute Gasteiger partial charge is 0.347 e. The van der Waals surface area contributed by atoms with Gasteiger partial charge in [0.25, 0.3) is 0 Å². The van der Waals surface area contributed by atoms with Gasteiger partial charge in [-0.15, -0.1) is 0 Å². The summed E-state index contributed by atoms with van der Waals surface area (Å²) >= 11 is 0. The molecule has 0 aromatic heterocycles. The van der Waals surface area contributed by atoms with Crippen LogP contribution < -0.4 is 9.47 Å². The van der Waals surface area contributed by atoms with Gasteiger partial charge in [0.05, 0.1) is 18.8 Å². The standard InChI is InChI=1S/C21H24O5/c1-4-12-24-19-11-6-5-10-18(19)21(23)26-17-9-7-8-16(13-17)20(22)25-14-15(2)3/h5-11,13,15H,4,12,14H2,1-3H3. The number of esters is 2. The third-order valence-electron chi connectivity index (χ3n) is 3.40. The van der Waals surface area contributed by atoms with Crippen molar-refractivity contribution < 1.29 is 23.8 Å². The molecule has 0 atom stereocenters. The van der Waals surface area contributed by atoms with Gasteiger partial charge in [0.15, 0.2) is 0 Å². The largest absolute Gasteiger partial charge is 0.493 e. The molecule has 0 spiro atoms. The van der Waals surface area contributed by atoms with Gasteiger partial charge in [-0.2, -0.15) is 0 Å². The van der Waals surface area contributed by atoms with Crippen molar-refractivity contribution in [3.63, 3.8) is 0 Å². The SMILES string of the molecule is CCCOc1ccccc1C(=O)Oc1cccc(C(=O)OCC(C)C)c1. The van der Waals surface area contributed by atoms with Gasteiger partial charge < -0.3 is 14.2 Å². The van der Waals surface area contributed by atoms with Crippen LogP contribution in [-0.4, -0.2) is 25.2 Å². The van der Waals surface area contributed by atoms with Gasteiger partial charge in [0, 0.05) is 0 Å². The van der Waals surface area contributed by atoms with Crippen LogP contribution in [0.3, 0.4) is 0 Å². The lowest BCUT2D eigenvalue weighted by atomic mass is 10.2. The number of ether oxygens (including phenoxy) is 3. The first-order chi connectivity index (χ1) is 12.5. The van der Waals surface area contributed by atoms with Crippen molar-refractivity contribution in [2.75, 3.05) is 13.2 Å². The highest BCUT2D eigenvalue weighted by atomic mass is 16.5. The Bertz CT molecular complexity index is 752. The fraction of sp³-hybridized carbons (Fsp3) is 0.333. The maximum absolute atomic E-state index is 12.5. The average molecular weight is 356 g/mol. The van der Waals surface area contributed by atoms with Crippen LogP contribution >= 0.6 is 0 Å². The maximum Gasteiger partial charge on any atom is 0.347 e. The van der Waals surface area contributed by atoms with Gasteiger partial charge in [0.2, 0.25) is 0 Å². The molecule has 0 amide bonds. The van der Waals surface area contributed by atoms with E-state index in [2.05, 4.69) is 0 Å². The highest BCUT2D eigenvalue weighted by molar-refractivity contribution is 5.94. The van der Waals surface area contributed by atoms with Gasteiger partial charge in [-0.3, -0.25) is 0 Å². The Balaban J connectivity index is 2.10. The second kappa shape index (κ2) is 9.61. The zero-order chi connectivity index (χ0) is 18.9. The summed E-state index contributed by atoms with van der Waals surface area (Å²) in [5.74, 6) is 0.0263. The van der Waals surface area contributed by atoms with Crippen molar-refractivity contribution in [1.29, 1.82) is 0 Å².